The molecule has 1 aliphatic heterocycles. The van der Waals surface area contributed by atoms with Crippen molar-refractivity contribution in [2.24, 2.45) is 0 Å². The van der Waals surface area contributed by atoms with E-state index in [4.69, 9.17) is 5.11 Å². The van der Waals surface area contributed by atoms with Crippen molar-refractivity contribution >= 4 is 17.5 Å². The number of aryl methyl sites for hydroxylation is 1. The summed E-state index contributed by atoms with van der Waals surface area (Å²) in [5, 5.41) is 29.3. The Kier molecular flexibility index (Phi) is 5.68. The van der Waals surface area contributed by atoms with Crippen LogP contribution in [0.5, 0.6) is 5.75 Å². The van der Waals surface area contributed by atoms with Crippen molar-refractivity contribution in [3.63, 3.8) is 0 Å². The minimum absolute atomic E-state index is 0.0291. The summed E-state index contributed by atoms with van der Waals surface area (Å²) in [4.78, 5) is 17.7. The Balaban J connectivity index is 1.74. The topological polar surface area (TPSA) is 112 Å². The minimum atomic E-state index is -0.590. The van der Waals surface area contributed by atoms with Crippen LogP contribution in [0.2, 0.25) is 0 Å². The molecule has 0 spiro atoms. The lowest BCUT2D eigenvalue weighted by molar-refractivity contribution is -0.113. The molecule has 9 heteroatoms. The number of nitrogens with one attached hydrogen (secondary N) is 2. The molecule has 2 heterocycles. The van der Waals surface area contributed by atoms with Crippen LogP contribution in [0.4, 0.5) is 16.0 Å². The molecule has 31 heavy (non-hydrogen) atoms. The summed E-state index contributed by atoms with van der Waals surface area (Å²) in [6, 6.07) is 11.5. The standard InChI is InChI=1S/C22H22FN5O3/c1-13-19(21(31)25-16-8-6-15(23)7-9-16)20(14-4-10-17(30)11-5-14)28-22(24-13)26-18(27-28)3-2-12-29/h4-11,20,29-30H,2-3,12H2,1H3,(H,25,31)(H,24,26,27). The number of aromatic hydroxyl groups is 1. The highest BCUT2D eigenvalue weighted by Crippen LogP contribution is 2.36. The summed E-state index contributed by atoms with van der Waals surface area (Å²) in [6.45, 7) is 1.81. The monoisotopic (exact) mass is 423 g/mol. The summed E-state index contributed by atoms with van der Waals surface area (Å²) in [7, 11) is 0. The fourth-order valence-electron chi connectivity index (χ4n) is 3.53. The Bertz CT molecular complexity index is 1120. The molecule has 160 valence electrons. The van der Waals surface area contributed by atoms with Gasteiger partial charge in [-0.2, -0.15) is 10.1 Å². The van der Waals surface area contributed by atoms with Crippen LogP contribution in [0.25, 0.3) is 0 Å². The highest BCUT2D eigenvalue weighted by molar-refractivity contribution is 6.06. The molecule has 1 aromatic heterocycles. The van der Waals surface area contributed by atoms with Crippen LogP contribution in [0.15, 0.2) is 59.8 Å². The number of amides is 1. The molecule has 0 saturated carbocycles. The number of benzene rings is 2. The molecule has 4 rings (SSSR count). The van der Waals surface area contributed by atoms with Crippen LogP contribution in [0, 0.1) is 5.82 Å². The van der Waals surface area contributed by atoms with E-state index in [1.165, 1.54) is 24.3 Å². The fourth-order valence-corrected chi connectivity index (χ4v) is 3.53. The molecule has 4 N–H and O–H groups in total. The van der Waals surface area contributed by atoms with E-state index in [1.807, 2.05) is 0 Å². The number of hydrogen-bond acceptors (Lipinski definition) is 6. The lowest BCUT2D eigenvalue weighted by Crippen LogP contribution is -2.31. The number of phenols is 1. The van der Waals surface area contributed by atoms with Gasteiger partial charge in [0.05, 0.1) is 5.57 Å². The van der Waals surface area contributed by atoms with Gasteiger partial charge in [0.1, 0.15) is 17.6 Å². The normalized spacial score (nSPS) is 15.4. The lowest BCUT2D eigenvalue weighted by Gasteiger charge is -2.28. The van der Waals surface area contributed by atoms with E-state index in [2.05, 4.69) is 20.7 Å². The van der Waals surface area contributed by atoms with E-state index >= 15 is 0 Å². The van der Waals surface area contributed by atoms with Crippen molar-refractivity contribution in [1.82, 2.24) is 14.8 Å². The maximum absolute atomic E-state index is 13.3. The number of rotatable bonds is 6. The number of aliphatic hydroxyl groups is 1. The van der Waals surface area contributed by atoms with Crippen LogP contribution < -0.4 is 10.6 Å². The van der Waals surface area contributed by atoms with Crippen molar-refractivity contribution in [1.29, 1.82) is 0 Å². The first kappa shape index (κ1) is 20.5. The SMILES string of the molecule is CC1=C(C(=O)Nc2ccc(F)cc2)C(c2ccc(O)cc2)n2nc(CCCO)nc2N1. The van der Waals surface area contributed by atoms with E-state index in [1.54, 1.807) is 35.9 Å². The second-order valence-corrected chi connectivity index (χ2v) is 7.24. The van der Waals surface area contributed by atoms with Crippen LogP contribution in [0.1, 0.15) is 30.8 Å². The van der Waals surface area contributed by atoms with Gasteiger partial charge < -0.3 is 20.8 Å². The summed E-state index contributed by atoms with van der Waals surface area (Å²) in [5.74, 6) is 0.387. The van der Waals surface area contributed by atoms with Gasteiger partial charge in [-0.05, 0) is 55.3 Å². The summed E-state index contributed by atoms with van der Waals surface area (Å²) in [6.07, 6.45) is 1.02. The van der Waals surface area contributed by atoms with E-state index in [0.29, 0.717) is 41.6 Å². The Morgan fingerprint density at radius 3 is 2.58 bits per heavy atom. The van der Waals surface area contributed by atoms with Gasteiger partial charge >= 0.3 is 0 Å². The highest BCUT2D eigenvalue weighted by Gasteiger charge is 2.34. The predicted molar refractivity (Wildman–Crippen MR) is 113 cm³/mol. The third kappa shape index (κ3) is 4.26. The number of fused-ring (bicyclic) bond motifs is 1. The van der Waals surface area contributed by atoms with Gasteiger partial charge in [-0.3, -0.25) is 4.79 Å². The Labute approximate surface area is 178 Å². The van der Waals surface area contributed by atoms with Gasteiger partial charge in [0, 0.05) is 24.4 Å². The number of aliphatic hydroxyl groups excluding tert-OH is 1. The van der Waals surface area contributed by atoms with Crippen molar-refractivity contribution in [2.45, 2.75) is 25.8 Å². The molecule has 0 bridgehead atoms. The first-order valence-electron chi connectivity index (χ1n) is 9.86. The molecule has 2 aromatic carbocycles. The first-order valence-corrected chi connectivity index (χ1v) is 9.86. The molecule has 3 aromatic rings. The number of carbonyl (C=O) groups excluding carboxylic acids is 1. The van der Waals surface area contributed by atoms with E-state index in [9.17, 15) is 14.3 Å². The molecular formula is C22H22FN5O3. The third-order valence-corrected chi connectivity index (χ3v) is 5.01. The largest absolute Gasteiger partial charge is 0.508 e. The van der Waals surface area contributed by atoms with Gasteiger partial charge in [0.25, 0.3) is 5.91 Å². The Morgan fingerprint density at radius 2 is 1.90 bits per heavy atom. The van der Waals surface area contributed by atoms with E-state index in [-0.39, 0.29) is 18.3 Å². The molecule has 1 amide bonds. The highest BCUT2D eigenvalue weighted by atomic mass is 19.1. The summed E-state index contributed by atoms with van der Waals surface area (Å²) in [5.41, 5.74) is 2.22. The number of phenolic OH excluding ortho intramolecular Hbond substituents is 1. The molecule has 0 aliphatic carbocycles. The van der Waals surface area contributed by atoms with Gasteiger partial charge in [-0.1, -0.05) is 12.1 Å². The quantitative estimate of drug-likeness (QED) is 0.485. The van der Waals surface area contributed by atoms with Gasteiger partial charge in [0.2, 0.25) is 5.95 Å². The van der Waals surface area contributed by atoms with Gasteiger partial charge in [-0.25, -0.2) is 9.07 Å². The Morgan fingerprint density at radius 1 is 1.19 bits per heavy atom. The predicted octanol–water partition coefficient (Wildman–Crippen LogP) is 2.98. The molecule has 8 nitrogen and oxygen atoms in total. The molecule has 0 saturated heterocycles. The van der Waals surface area contributed by atoms with Crippen LogP contribution >= 0.6 is 0 Å². The maximum Gasteiger partial charge on any atom is 0.255 e. The number of hydrogen-bond donors (Lipinski definition) is 4. The number of nitrogens with zero attached hydrogens (tertiary/aromatic N) is 3. The maximum atomic E-state index is 13.3. The zero-order valence-electron chi connectivity index (χ0n) is 16.8. The van der Waals surface area contributed by atoms with Crippen molar-refractivity contribution in [3.8, 4) is 5.75 Å². The number of anilines is 2. The molecule has 0 fully saturated rings. The number of carbonyl (C=O) groups is 1. The summed E-state index contributed by atoms with van der Waals surface area (Å²) < 4.78 is 14.9. The third-order valence-electron chi connectivity index (χ3n) is 5.01. The number of allylic oxidation sites excluding steroid dienone is 1. The van der Waals surface area contributed by atoms with Crippen LogP contribution in [-0.4, -0.2) is 37.5 Å². The lowest BCUT2D eigenvalue weighted by atomic mass is 9.95. The van der Waals surface area contributed by atoms with Crippen molar-refractivity contribution in [2.75, 3.05) is 17.2 Å². The number of aromatic nitrogens is 3. The molecule has 1 aliphatic rings. The van der Waals surface area contributed by atoms with Crippen LogP contribution in [-0.2, 0) is 11.2 Å². The van der Waals surface area contributed by atoms with Crippen molar-refractivity contribution in [3.05, 3.63) is 77.0 Å². The van der Waals surface area contributed by atoms with Crippen LogP contribution in [0.3, 0.4) is 0 Å². The van der Waals surface area contributed by atoms with Gasteiger partial charge in [0.15, 0.2) is 5.82 Å². The molecular weight excluding hydrogens is 401 g/mol. The second kappa shape index (κ2) is 8.57. The van der Waals surface area contributed by atoms with Crippen molar-refractivity contribution < 1.29 is 19.4 Å². The van der Waals surface area contributed by atoms with Gasteiger partial charge in [-0.15, -0.1) is 0 Å². The average Bonchev–Trinajstić information content (AvgIpc) is 3.15. The molecule has 1 atom stereocenters. The Hall–Kier alpha value is -3.72. The smallest absolute Gasteiger partial charge is 0.255 e. The zero-order valence-corrected chi connectivity index (χ0v) is 16.8. The number of halogens is 1. The summed E-state index contributed by atoms with van der Waals surface area (Å²) >= 11 is 0. The first-order chi connectivity index (χ1) is 15.0. The minimum Gasteiger partial charge on any atom is -0.508 e. The van der Waals surface area contributed by atoms with E-state index < -0.39 is 11.9 Å². The van der Waals surface area contributed by atoms with E-state index in [0.717, 1.165) is 5.56 Å². The fraction of sp³-hybridized carbons (Fsp3) is 0.227. The zero-order chi connectivity index (χ0) is 22.0. The second-order valence-electron chi connectivity index (χ2n) is 7.24. The molecule has 0 radical (unpaired) electrons. The molecule has 1 unspecified atom stereocenters. The average molecular weight is 423 g/mol.